The summed E-state index contributed by atoms with van der Waals surface area (Å²) in [6, 6.07) is 6.34. The first-order valence-corrected chi connectivity index (χ1v) is 9.35. The lowest BCUT2D eigenvalue weighted by atomic mass is 10.0. The first-order chi connectivity index (χ1) is 12.5. The van der Waals surface area contributed by atoms with Crippen LogP contribution in [-0.4, -0.2) is 46.3 Å². The molecular weight excluding hydrogens is 331 g/mol. The Kier molecular flexibility index (Phi) is 5.71. The van der Waals surface area contributed by atoms with Gasteiger partial charge in [0, 0.05) is 19.1 Å². The van der Waals surface area contributed by atoms with Crippen molar-refractivity contribution >= 4 is 5.91 Å². The number of hydrogen-bond donors (Lipinski definition) is 1. The Morgan fingerprint density at radius 1 is 1.23 bits per heavy atom. The van der Waals surface area contributed by atoms with Crippen LogP contribution in [0.3, 0.4) is 0 Å². The molecule has 1 N–H and O–H groups in total. The number of carbonyl (C=O) groups excluding carboxylic acids is 1. The predicted molar refractivity (Wildman–Crippen MR) is 100 cm³/mol. The molecule has 140 valence electrons. The highest BCUT2D eigenvalue weighted by Crippen LogP contribution is 2.19. The van der Waals surface area contributed by atoms with Crippen LogP contribution in [0.1, 0.15) is 47.9 Å². The molecule has 0 atom stereocenters. The molecule has 2 aromatic rings. The Morgan fingerprint density at radius 3 is 2.50 bits per heavy atom. The standard InChI is InChI=1S/C20H27FN4O/c1-4-11-24-12-9-17(10-13-24)22-20(26)19-14(2)23-25(15(19)3)18-7-5-16(21)6-8-18/h5-8,17H,4,9-13H2,1-3H3,(H,22,26). The van der Waals surface area contributed by atoms with Gasteiger partial charge in [-0.3, -0.25) is 4.79 Å². The zero-order valence-electron chi connectivity index (χ0n) is 15.8. The van der Waals surface area contributed by atoms with Gasteiger partial charge in [0.2, 0.25) is 0 Å². The number of carbonyl (C=O) groups is 1. The van der Waals surface area contributed by atoms with E-state index < -0.39 is 0 Å². The molecule has 0 unspecified atom stereocenters. The zero-order chi connectivity index (χ0) is 18.7. The normalized spacial score (nSPS) is 16.0. The third-order valence-corrected chi connectivity index (χ3v) is 5.05. The van der Waals surface area contributed by atoms with Crippen LogP contribution in [0.15, 0.2) is 24.3 Å². The fourth-order valence-corrected chi connectivity index (χ4v) is 3.68. The molecule has 2 heterocycles. The Labute approximate surface area is 154 Å². The van der Waals surface area contributed by atoms with Crippen molar-refractivity contribution in [3.63, 3.8) is 0 Å². The summed E-state index contributed by atoms with van der Waals surface area (Å²) in [4.78, 5) is 15.3. The molecule has 0 saturated carbocycles. The summed E-state index contributed by atoms with van der Waals surface area (Å²) in [6.45, 7) is 9.10. The van der Waals surface area contributed by atoms with Gasteiger partial charge in [-0.2, -0.15) is 5.10 Å². The SMILES string of the molecule is CCCN1CCC(NC(=O)c2c(C)nn(-c3ccc(F)cc3)c2C)CC1. The van der Waals surface area contributed by atoms with Gasteiger partial charge in [0.25, 0.3) is 5.91 Å². The van der Waals surface area contributed by atoms with Crippen LogP contribution >= 0.6 is 0 Å². The summed E-state index contributed by atoms with van der Waals surface area (Å²) in [5, 5.41) is 7.66. The lowest BCUT2D eigenvalue weighted by Crippen LogP contribution is -2.45. The van der Waals surface area contributed by atoms with E-state index in [1.807, 2.05) is 13.8 Å². The average molecular weight is 358 g/mol. The number of amides is 1. The molecule has 1 fully saturated rings. The summed E-state index contributed by atoms with van der Waals surface area (Å²) in [5.74, 6) is -0.357. The number of piperidine rings is 1. The van der Waals surface area contributed by atoms with Gasteiger partial charge in [0.05, 0.1) is 22.6 Å². The summed E-state index contributed by atoms with van der Waals surface area (Å²) >= 11 is 0. The number of nitrogens with one attached hydrogen (secondary N) is 1. The highest BCUT2D eigenvalue weighted by molar-refractivity contribution is 5.96. The number of benzene rings is 1. The Bertz CT molecular complexity index is 761. The molecule has 0 bridgehead atoms. The minimum atomic E-state index is -0.289. The number of aryl methyl sites for hydroxylation is 1. The van der Waals surface area contributed by atoms with E-state index in [1.54, 1.807) is 16.8 Å². The average Bonchev–Trinajstić information content (AvgIpc) is 2.92. The van der Waals surface area contributed by atoms with E-state index in [4.69, 9.17) is 0 Å². The van der Waals surface area contributed by atoms with Gasteiger partial charge in [0.15, 0.2) is 0 Å². The first-order valence-electron chi connectivity index (χ1n) is 9.35. The molecule has 1 aliphatic heterocycles. The van der Waals surface area contributed by atoms with Gasteiger partial charge in [-0.15, -0.1) is 0 Å². The highest BCUT2D eigenvalue weighted by Gasteiger charge is 2.24. The van der Waals surface area contributed by atoms with Crippen LogP contribution < -0.4 is 5.32 Å². The van der Waals surface area contributed by atoms with Gasteiger partial charge < -0.3 is 10.2 Å². The van der Waals surface area contributed by atoms with Crippen LogP contribution in [0.5, 0.6) is 0 Å². The van der Waals surface area contributed by atoms with E-state index in [1.165, 1.54) is 12.1 Å². The quantitative estimate of drug-likeness (QED) is 0.893. The molecule has 3 rings (SSSR count). The third kappa shape index (κ3) is 3.96. The van der Waals surface area contributed by atoms with Crippen molar-refractivity contribution in [2.24, 2.45) is 0 Å². The summed E-state index contributed by atoms with van der Waals surface area (Å²) in [7, 11) is 0. The zero-order valence-corrected chi connectivity index (χ0v) is 15.8. The van der Waals surface area contributed by atoms with E-state index in [-0.39, 0.29) is 17.8 Å². The molecule has 1 aliphatic rings. The summed E-state index contributed by atoms with van der Waals surface area (Å²) < 4.78 is 14.9. The maximum Gasteiger partial charge on any atom is 0.255 e. The number of likely N-dealkylation sites (tertiary alicyclic amines) is 1. The van der Waals surface area contributed by atoms with E-state index in [0.717, 1.165) is 50.3 Å². The Morgan fingerprint density at radius 2 is 1.88 bits per heavy atom. The molecule has 1 aromatic carbocycles. The lowest BCUT2D eigenvalue weighted by Gasteiger charge is -2.32. The van der Waals surface area contributed by atoms with Gasteiger partial charge in [-0.05, 0) is 63.9 Å². The molecule has 6 heteroatoms. The van der Waals surface area contributed by atoms with Crippen molar-refractivity contribution in [3.05, 3.63) is 47.0 Å². The van der Waals surface area contributed by atoms with Crippen LogP contribution in [0.25, 0.3) is 5.69 Å². The van der Waals surface area contributed by atoms with Crippen molar-refractivity contribution in [1.29, 1.82) is 0 Å². The molecule has 1 amide bonds. The van der Waals surface area contributed by atoms with Crippen LogP contribution in [0.2, 0.25) is 0 Å². The Hall–Kier alpha value is -2.21. The van der Waals surface area contributed by atoms with Crippen molar-refractivity contribution < 1.29 is 9.18 Å². The maximum absolute atomic E-state index is 13.2. The molecule has 1 saturated heterocycles. The first kappa shape index (κ1) is 18.6. The molecule has 1 aromatic heterocycles. The summed E-state index contributed by atoms with van der Waals surface area (Å²) in [5.41, 5.74) is 2.83. The lowest BCUT2D eigenvalue weighted by molar-refractivity contribution is 0.0910. The van der Waals surface area contributed by atoms with Crippen molar-refractivity contribution in [3.8, 4) is 5.69 Å². The van der Waals surface area contributed by atoms with Crippen molar-refractivity contribution in [2.75, 3.05) is 19.6 Å². The van der Waals surface area contributed by atoms with Crippen molar-refractivity contribution in [2.45, 2.75) is 46.1 Å². The minimum Gasteiger partial charge on any atom is -0.349 e. The number of hydrogen-bond acceptors (Lipinski definition) is 3. The molecule has 0 spiro atoms. The van der Waals surface area contributed by atoms with Gasteiger partial charge in [-0.1, -0.05) is 6.92 Å². The van der Waals surface area contributed by atoms with Gasteiger partial charge in [-0.25, -0.2) is 9.07 Å². The Balaban J connectivity index is 1.71. The van der Waals surface area contributed by atoms with Gasteiger partial charge in [0.1, 0.15) is 5.82 Å². The second kappa shape index (κ2) is 7.99. The predicted octanol–water partition coefficient (Wildman–Crippen LogP) is 3.23. The minimum absolute atomic E-state index is 0.0673. The number of rotatable bonds is 5. The topological polar surface area (TPSA) is 50.2 Å². The van der Waals surface area contributed by atoms with Gasteiger partial charge >= 0.3 is 0 Å². The fourth-order valence-electron chi connectivity index (χ4n) is 3.68. The van der Waals surface area contributed by atoms with E-state index in [9.17, 15) is 9.18 Å². The van der Waals surface area contributed by atoms with Crippen LogP contribution in [0.4, 0.5) is 4.39 Å². The maximum atomic E-state index is 13.2. The van der Waals surface area contributed by atoms with E-state index in [2.05, 4.69) is 22.2 Å². The highest BCUT2D eigenvalue weighted by atomic mass is 19.1. The van der Waals surface area contributed by atoms with Crippen LogP contribution in [0, 0.1) is 19.7 Å². The molecule has 26 heavy (non-hydrogen) atoms. The smallest absolute Gasteiger partial charge is 0.255 e. The number of aromatic nitrogens is 2. The molecular formula is C20H27FN4O. The van der Waals surface area contributed by atoms with Crippen LogP contribution in [-0.2, 0) is 0 Å². The fraction of sp³-hybridized carbons (Fsp3) is 0.500. The molecule has 0 aliphatic carbocycles. The number of nitrogens with zero attached hydrogens (tertiary/aromatic N) is 3. The van der Waals surface area contributed by atoms with Crippen molar-refractivity contribution in [1.82, 2.24) is 20.0 Å². The summed E-state index contributed by atoms with van der Waals surface area (Å²) in [6.07, 6.45) is 3.13. The monoisotopic (exact) mass is 358 g/mol. The largest absolute Gasteiger partial charge is 0.349 e. The molecule has 0 radical (unpaired) electrons. The van der Waals surface area contributed by atoms with E-state index >= 15 is 0 Å². The third-order valence-electron chi connectivity index (χ3n) is 5.05. The molecule has 5 nitrogen and oxygen atoms in total. The number of halogens is 1. The van der Waals surface area contributed by atoms with E-state index in [0.29, 0.717) is 11.3 Å². The second-order valence-electron chi connectivity index (χ2n) is 7.02. The second-order valence-corrected chi connectivity index (χ2v) is 7.02.